The van der Waals surface area contributed by atoms with Crippen molar-refractivity contribution in [3.05, 3.63) is 82.2 Å². The third kappa shape index (κ3) is 4.15. The van der Waals surface area contributed by atoms with E-state index in [9.17, 15) is 14.4 Å². The fourth-order valence-electron chi connectivity index (χ4n) is 4.48. The summed E-state index contributed by atoms with van der Waals surface area (Å²) in [6.45, 7) is 1.80. The Morgan fingerprint density at radius 2 is 1.89 bits per heavy atom. The summed E-state index contributed by atoms with van der Waals surface area (Å²) < 4.78 is 27.3. The number of imide groups is 1. The minimum atomic E-state index is -0.862. The molecule has 0 aliphatic carbocycles. The van der Waals surface area contributed by atoms with Crippen molar-refractivity contribution in [3.8, 4) is 22.8 Å². The third-order valence-corrected chi connectivity index (χ3v) is 6.30. The van der Waals surface area contributed by atoms with Crippen LogP contribution in [0.3, 0.4) is 0 Å². The first kappa shape index (κ1) is 23.4. The lowest BCUT2D eigenvalue weighted by atomic mass is 10.1. The van der Waals surface area contributed by atoms with Crippen LogP contribution in [0.4, 0.5) is 4.39 Å². The van der Waals surface area contributed by atoms with Gasteiger partial charge in [-0.05, 0) is 49.2 Å². The second kappa shape index (κ2) is 9.14. The van der Waals surface area contributed by atoms with Gasteiger partial charge in [0.15, 0.2) is 11.4 Å². The molecule has 1 aliphatic heterocycles. The number of carbonyl (C=O) groups is 2. The highest BCUT2D eigenvalue weighted by atomic mass is 19.1. The number of aromatic nitrogens is 5. The van der Waals surface area contributed by atoms with Gasteiger partial charge in [-0.2, -0.15) is 4.98 Å². The number of benzene rings is 2. The predicted octanol–water partition coefficient (Wildman–Crippen LogP) is 3.12. The molecule has 1 unspecified atom stereocenters. The van der Waals surface area contributed by atoms with Crippen molar-refractivity contribution in [2.75, 3.05) is 0 Å². The summed E-state index contributed by atoms with van der Waals surface area (Å²) in [4.78, 5) is 49.2. The average Bonchev–Trinajstić information content (AvgIpc) is 3.48. The number of halogens is 1. The van der Waals surface area contributed by atoms with Crippen LogP contribution in [0.1, 0.15) is 36.0 Å². The summed E-state index contributed by atoms with van der Waals surface area (Å²) >= 11 is 0. The molecule has 1 fully saturated rings. The maximum atomic E-state index is 15.4. The minimum Gasteiger partial charge on any atom is -0.408 e. The second-order valence-corrected chi connectivity index (χ2v) is 8.88. The number of nitrogens with one attached hydrogen (secondary N) is 1. The number of rotatable bonds is 5. The Balaban J connectivity index is 1.30. The number of oxazole rings is 1. The van der Waals surface area contributed by atoms with Crippen molar-refractivity contribution in [1.82, 2.24) is 30.0 Å². The zero-order valence-corrected chi connectivity index (χ0v) is 20.0. The molecule has 6 rings (SSSR count). The minimum absolute atomic E-state index is 0.0665. The Bertz CT molecular complexity index is 1790. The van der Waals surface area contributed by atoms with Crippen molar-refractivity contribution in [1.29, 1.82) is 0 Å². The first-order chi connectivity index (χ1) is 18.4. The van der Waals surface area contributed by atoms with E-state index in [-0.39, 0.29) is 53.8 Å². The SMILES string of the molecule is Cc1ccnc(-c2cccc(-c3noc(Cc4ccc5oc(=O)n(C6CCC(=O)NC6=O)c5c4)n3)c2F)n1. The molecule has 4 heterocycles. The van der Waals surface area contributed by atoms with Crippen molar-refractivity contribution in [2.24, 2.45) is 0 Å². The smallest absolute Gasteiger partial charge is 0.408 e. The molecular weight excluding hydrogens is 495 g/mol. The molecule has 0 radical (unpaired) electrons. The van der Waals surface area contributed by atoms with E-state index in [2.05, 4.69) is 25.4 Å². The number of hydrogen-bond acceptors (Lipinski definition) is 9. The zero-order chi connectivity index (χ0) is 26.4. The number of nitrogens with zero attached hydrogens (tertiary/aromatic N) is 5. The van der Waals surface area contributed by atoms with Gasteiger partial charge in [-0.25, -0.2) is 19.2 Å². The van der Waals surface area contributed by atoms with E-state index in [0.717, 1.165) is 0 Å². The van der Waals surface area contributed by atoms with E-state index < -0.39 is 23.5 Å². The van der Waals surface area contributed by atoms with E-state index in [1.165, 1.54) is 4.57 Å². The zero-order valence-electron chi connectivity index (χ0n) is 20.0. The van der Waals surface area contributed by atoms with Gasteiger partial charge in [0.2, 0.25) is 23.5 Å². The highest BCUT2D eigenvalue weighted by molar-refractivity contribution is 6.00. The molecule has 12 heteroatoms. The molecule has 0 saturated carbocycles. The number of hydrogen-bond donors (Lipinski definition) is 1. The molecule has 0 spiro atoms. The maximum absolute atomic E-state index is 15.4. The molecule has 0 bridgehead atoms. The van der Waals surface area contributed by atoms with Gasteiger partial charge < -0.3 is 8.94 Å². The maximum Gasteiger partial charge on any atom is 0.420 e. The summed E-state index contributed by atoms with van der Waals surface area (Å²) in [7, 11) is 0. The molecule has 190 valence electrons. The Morgan fingerprint density at radius 1 is 1.08 bits per heavy atom. The molecule has 3 aromatic heterocycles. The molecule has 2 amide bonds. The van der Waals surface area contributed by atoms with Gasteiger partial charge in [0, 0.05) is 18.3 Å². The molecule has 2 aromatic carbocycles. The molecule has 1 atom stereocenters. The van der Waals surface area contributed by atoms with Gasteiger partial charge in [-0.1, -0.05) is 17.3 Å². The highest BCUT2D eigenvalue weighted by Crippen LogP contribution is 2.29. The van der Waals surface area contributed by atoms with Gasteiger partial charge >= 0.3 is 5.76 Å². The van der Waals surface area contributed by atoms with Gasteiger partial charge in [0.25, 0.3) is 0 Å². The lowest BCUT2D eigenvalue weighted by molar-refractivity contribution is -0.135. The van der Waals surface area contributed by atoms with E-state index >= 15 is 4.39 Å². The molecular formula is C26H19FN6O5. The fourth-order valence-corrected chi connectivity index (χ4v) is 4.48. The molecule has 1 aliphatic rings. The van der Waals surface area contributed by atoms with Crippen LogP contribution in [0.2, 0.25) is 0 Å². The number of amides is 2. The average molecular weight is 514 g/mol. The Kier molecular flexibility index (Phi) is 5.63. The van der Waals surface area contributed by atoms with Crippen LogP contribution < -0.4 is 11.1 Å². The lowest BCUT2D eigenvalue weighted by Crippen LogP contribution is -2.43. The fraction of sp³-hybridized carbons (Fsp3) is 0.192. The van der Waals surface area contributed by atoms with Gasteiger partial charge in [0.1, 0.15) is 11.9 Å². The second-order valence-electron chi connectivity index (χ2n) is 8.88. The summed E-state index contributed by atoms with van der Waals surface area (Å²) in [6.07, 6.45) is 2.05. The van der Waals surface area contributed by atoms with Crippen LogP contribution in [0, 0.1) is 12.7 Å². The largest absolute Gasteiger partial charge is 0.420 e. The number of fused-ring (bicyclic) bond motifs is 1. The van der Waals surface area contributed by atoms with Crippen LogP contribution in [0.15, 0.2) is 62.4 Å². The van der Waals surface area contributed by atoms with E-state index in [0.29, 0.717) is 22.4 Å². The quantitative estimate of drug-likeness (QED) is 0.350. The topological polar surface area (TPSA) is 146 Å². The summed E-state index contributed by atoms with van der Waals surface area (Å²) in [5, 5.41) is 6.20. The predicted molar refractivity (Wildman–Crippen MR) is 130 cm³/mol. The van der Waals surface area contributed by atoms with E-state index in [4.69, 9.17) is 8.94 Å². The Labute approximate surface area is 213 Å². The first-order valence-corrected chi connectivity index (χ1v) is 11.8. The molecule has 38 heavy (non-hydrogen) atoms. The highest BCUT2D eigenvalue weighted by Gasteiger charge is 2.31. The van der Waals surface area contributed by atoms with Crippen LogP contribution in [0.5, 0.6) is 0 Å². The monoisotopic (exact) mass is 514 g/mol. The van der Waals surface area contributed by atoms with Crippen LogP contribution in [-0.2, 0) is 16.0 Å². The lowest BCUT2D eigenvalue weighted by Gasteiger charge is -2.21. The summed E-state index contributed by atoms with van der Waals surface area (Å²) in [6, 6.07) is 10.7. The molecule has 1 N–H and O–H groups in total. The van der Waals surface area contributed by atoms with Crippen LogP contribution in [0.25, 0.3) is 33.9 Å². The number of aryl methyl sites for hydroxylation is 1. The van der Waals surface area contributed by atoms with Crippen molar-refractivity contribution in [3.63, 3.8) is 0 Å². The molecule has 1 saturated heterocycles. The standard InChI is InChI=1S/C26H19FN6O5/c1-13-9-10-28-23(29-13)15-3-2-4-16(22(15)27)24-31-21(38-32-24)12-14-5-7-19-18(11-14)33(26(36)37-19)17-6-8-20(34)30-25(17)35/h2-5,7,9-11,17H,6,8,12H2,1H3,(H,30,34,35). The van der Waals surface area contributed by atoms with Crippen molar-refractivity contribution in [2.45, 2.75) is 32.2 Å². The van der Waals surface area contributed by atoms with Gasteiger partial charge in [-0.15, -0.1) is 0 Å². The van der Waals surface area contributed by atoms with E-state index in [1.807, 2.05) is 0 Å². The van der Waals surface area contributed by atoms with Crippen LogP contribution in [-0.4, -0.2) is 36.5 Å². The van der Waals surface area contributed by atoms with Gasteiger partial charge in [0.05, 0.1) is 23.1 Å². The summed E-state index contributed by atoms with van der Waals surface area (Å²) in [5.74, 6) is -1.67. The number of piperidine rings is 1. The van der Waals surface area contributed by atoms with E-state index in [1.54, 1.807) is 55.6 Å². The third-order valence-electron chi connectivity index (χ3n) is 6.30. The van der Waals surface area contributed by atoms with Crippen molar-refractivity contribution < 1.29 is 22.9 Å². The van der Waals surface area contributed by atoms with Crippen LogP contribution >= 0.6 is 0 Å². The molecule has 5 aromatic rings. The normalized spacial score (nSPS) is 15.7. The Morgan fingerprint density at radius 3 is 2.68 bits per heavy atom. The first-order valence-electron chi connectivity index (χ1n) is 11.8. The van der Waals surface area contributed by atoms with Crippen molar-refractivity contribution >= 4 is 22.9 Å². The Hall–Kier alpha value is -5.00. The summed E-state index contributed by atoms with van der Waals surface area (Å²) in [5.41, 5.74) is 2.45. The van der Waals surface area contributed by atoms with Gasteiger partial charge in [-0.3, -0.25) is 19.5 Å². The number of carbonyl (C=O) groups excluding carboxylic acids is 2. The molecule has 11 nitrogen and oxygen atoms in total.